The number of carboxylic acid groups (broad SMARTS) is 1. The third-order valence-corrected chi connectivity index (χ3v) is 12.8. The first-order chi connectivity index (χ1) is 23.7. The Kier molecular flexibility index (Phi) is 12.3. The lowest BCUT2D eigenvalue weighted by atomic mass is 9.89. The van der Waals surface area contributed by atoms with Gasteiger partial charge in [-0.05, 0) is 48.8 Å². The number of aliphatic hydroxyl groups excluding tert-OH is 1. The van der Waals surface area contributed by atoms with Gasteiger partial charge in [0.05, 0.1) is 42.0 Å². The molecule has 3 heterocycles. The molecule has 2 aromatic carbocycles. The van der Waals surface area contributed by atoms with Crippen LogP contribution < -0.4 is 14.2 Å². The van der Waals surface area contributed by atoms with Gasteiger partial charge >= 0.3 is 6.09 Å². The summed E-state index contributed by atoms with van der Waals surface area (Å²) in [4.78, 5) is 14.2. The molecule has 2 aromatic rings. The van der Waals surface area contributed by atoms with Crippen molar-refractivity contribution in [3.8, 4) is 11.5 Å². The third-order valence-electron chi connectivity index (χ3n) is 9.54. The Morgan fingerprint density at radius 2 is 1.80 bits per heavy atom. The molecule has 5 rings (SSSR count). The van der Waals surface area contributed by atoms with E-state index < -0.39 is 62.6 Å². The summed E-state index contributed by atoms with van der Waals surface area (Å²) in [5, 5.41) is 22.7. The molecule has 16 heteroatoms. The van der Waals surface area contributed by atoms with Crippen LogP contribution in [0.15, 0.2) is 53.4 Å². The summed E-state index contributed by atoms with van der Waals surface area (Å²) in [7, 11) is -7.81. The van der Waals surface area contributed by atoms with Crippen LogP contribution in [-0.2, 0) is 35.9 Å². The molecule has 2 fully saturated rings. The van der Waals surface area contributed by atoms with E-state index in [-0.39, 0.29) is 55.2 Å². The summed E-state index contributed by atoms with van der Waals surface area (Å²) in [6.07, 6.45) is -1.02. The molecule has 0 unspecified atom stereocenters. The third kappa shape index (κ3) is 9.26. The normalized spacial score (nSPS) is 21.7. The van der Waals surface area contributed by atoms with Crippen molar-refractivity contribution in [3.05, 3.63) is 54.1 Å². The van der Waals surface area contributed by atoms with E-state index in [1.807, 2.05) is 51.1 Å². The first-order valence-corrected chi connectivity index (χ1v) is 20.1. The van der Waals surface area contributed by atoms with E-state index in [0.29, 0.717) is 31.6 Å². The second-order valence-electron chi connectivity index (χ2n) is 13.9. The fraction of sp³-hybridized carbons (Fsp3) is 0.618. The number of benzene rings is 2. The van der Waals surface area contributed by atoms with Gasteiger partial charge in [-0.25, -0.2) is 26.4 Å². The zero-order chi connectivity index (χ0) is 36.1. The monoisotopic (exact) mass is 739 g/mol. The molecular formula is C34H49N3O11S2. The van der Waals surface area contributed by atoms with Crippen molar-refractivity contribution in [2.75, 3.05) is 45.4 Å². The van der Waals surface area contributed by atoms with Crippen LogP contribution in [-0.4, -0.2) is 112 Å². The number of nitrogens with one attached hydrogen (secondary N) is 1. The zero-order valence-corrected chi connectivity index (χ0v) is 30.4. The van der Waals surface area contributed by atoms with Crippen LogP contribution in [0.5, 0.6) is 11.5 Å². The number of fused-ring (bicyclic) bond motifs is 2. The Labute approximate surface area is 294 Å². The van der Waals surface area contributed by atoms with Gasteiger partial charge in [0.25, 0.3) is 0 Å². The second kappa shape index (κ2) is 16.1. The quantitative estimate of drug-likeness (QED) is 0.204. The van der Waals surface area contributed by atoms with E-state index in [2.05, 4.69) is 4.72 Å². The van der Waals surface area contributed by atoms with Crippen LogP contribution in [0.25, 0.3) is 0 Å². The summed E-state index contributed by atoms with van der Waals surface area (Å²) in [5.41, 5.74) is -0.00675. The summed E-state index contributed by atoms with van der Waals surface area (Å²) >= 11 is 0. The minimum atomic E-state index is -4.31. The number of sulfonamides is 2. The van der Waals surface area contributed by atoms with Gasteiger partial charge in [-0.1, -0.05) is 57.5 Å². The number of carbonyl (C=O) groups is 1. The number of hydrogen-bond acceptors (Lipinski definition) is 10. The Hall–Kier alpha value is -2.99. The topological polar surface area (TPSA) is 181 Å². The highest BCUT2D eigenvalue weighted by Gasteiger charge is 2.49. The van der Waals surface area contributed by atoms with E-state index in [1.165, 1.54) is 23.1 Å². The Morgan fingerprint density at radius 1 is 1.06 bits per heavy atom. The molecule has 14 nitrogen and oxygen atoms in total. The van der Waals surface area contributed by atoms with Crippen LogP contribution in [0.1, 0.15) is 52.0 Å². The van der Waals surface area contributed by atoms with Crippen molar-refractivity contribution in [2.24, 2.45) is 11.3 Å². The van der Waals surface area contributed by atoms with Crippen LogP contribution in [0, 0.1) is 11.3 Å². The molecule has 0 spiro atoms. The molecule has 0 bridgehead atoms. The van der Waals surface area contributed by atoms with Crippen molar-refractivity contribution in [1.82, 2.24) is 13.9 Å². The molecule has 0 radical (unpaired) electrons. The van der Waals surface area contributed by atoms with Gasteiger partial charge in [-0.15, -0.1) is 0 Å². The number of ether oxygens (including phenoxy) is 4. The highest BCUT2D eigenvalue weighted by molar-refractivity contribution is 7.89. The molecule has 3 aliphatic heterocycles. The molecular weight excluding hydrogens is 691 g/mol. The minimum absolute atomic E-state index is 0.00336. The largest absolute Gasteiger partial charge is 0.465 e. The van der Waals surface area contributed by atoms with E-state index in [4.69, 9.17) is 18.9 Å². The predicted molar refractivity (Wildman–Crippen MR) is 184 cm³/mol. The van der Waals surface area contributed by atoms with Gasteiger partial charge in [-0.2, -0.15) is 4.31 Å². The lowest BCUT2D eigenvalue weighted by Crippen LogP contribution is -2.58. The molecule has 0 saturated carbocycles. The van der Waals surface area contributed by atoms with Crippen molar-refractivity contribution in [1.29, 1.82) is 0 Å². The Morgan fingerprint density at radius 3 is 2.52 bits per heavy atom. The average molecular weight is 740 g/mol. The standard InChI is InChI=1S/C34H49N3O11S2/c1-4-5-17-49(41,42)35-15-14-34(2,3)22-36(50(43,44)25-11-12-30-31(19-25)48-23-47-30)20-29(38)27(18-24-9-7-6-8-10-24)37(33(39)40)28-21-46-32-26(28)13-16-45-32/h6-12,19,26-29,32,35,38H,4-5,13-18,20-23H2,1-3H3,(H,39,40)/t26-,27-,28-,29+,32+/m0/s1. The van der Waals surface area contributed by atoms with Gasteiger partial charge in [0.2, 0.25) is 26.8 Å². The summed E-state index contributed by atoms with van der Waals surface area (Å²) < 4.78 is 79.8. The summed E-state index contributed by atoms with van der Waals surface area (Å²) in [6, 6.07) is 11.7. The summed E-state index contributed by atoms with van der Waals surface area (Å²) in [6.45, 7) is 5.56. The smallest absolute Gasteiger partial charge is 0.407 e. The lowest BCUT2D eigenvalue weighted by Gasteiger charge is -2.40. The zero-order valence-electron chi connectivity index (χ0n) is 28.8. The Balaban J connectivity index is 1.45. The van der Waals surface area contributed by atoms with Crippen LogP contribution >= 0.6 is 0 Å². The van der Waals surface area contributed by atoms with Crippen molar-refractivity contribution in [2.45, 2.75) is 82.2 Å². The maximum Gasteiger partial charge on any atom is 0.407 e. The van der Waals surface area contributed by atoms with Crippen molar-refractivity contribution in [3.63, 3.8) is 0 Å². The van der Waals surface area contributed by atoms with Crippen LogP contribution in [0.3, 0.4) is 0 Å². The van der Waals surface area contributed by atoms with E-state index in [1.54, 1.807) is 0 Å². The first-order valence-electron chi connectivity index (χ1n) is 17.0. The average Bonchev–Trinajstić information content (AvgIpc) is 3.82. The Bertz CT molecular complexity index is 1670. The maximum absolute atomic E-state index is 14.4. The van der Waals surface area contributed by atoms with Crippen molar-refractivity contribution < 1.29 is 50.8 Å². The molecule has 0 aliphatic carbocycles. The molecule has 2 saturated heterocycles. The number of unbranched alkanes of at least 4 members (excludes halogenated alkanes) is 1. The van der Waals surface area contributed by atoms with E-state index in [9.17, 15) is 31.8 Å². The number of nitrogens with zero attached hydrogens (tertiary/aromatic N) is 2. The fourth-order valence-corrected chi connectivity index (χ4v) is 9.69. The van der Waals surface area contributed by atoms with Gasteiger partial charge < -0.3 is 29.2 Å². The van der Waals surface area contributed by atoms with Crippen molar-refractivity contribution >= 4 is 26.1 Å². The number of amides is 1. The van der Waals surface area contributed by atoms with Gasteiger partial charge in [0.15, 0.2) is 17.8 Å². The van der Waals surface area contributed by atoms with Gasteiger partial charge in [0.1, 0.15) is 0 Å². The highest BCUT2D eigenvalue weighted by Crippen LogP contribution is 2.38. The SMILES string of the molecule is CCCCS(=O)(=O)NCCC(C)(C)CN(C[C@@H](O)[C@H](Cc1ccccc1)N(C(=O)O)[C@H]1CO[C@H]2OCC[C@H]21)S(=O)(=O)c1ccc2c(c1)OCO2. The van der Waals surface area contributed by atoms with Crippen LogP contribution in [0.4, 0.5) is 4.79 Å². The van der Waals surface area contributed by atoms with Crippen LogP contribution in [0.2, 0.25) is 0 Å². The number of hydrogen-bond donors (Lipinski definition) is 3. The highest BCUT2D eigenvalue weighted by atomic mass is 32.2. The predicted octanol–water partition coefficient (Wildman–Crippen LogP) is 3.26. The first kappa shape index (κ1) is 38.2. The molecule has 0 aromatic heterocycles. The lowest BCUT2D eigenvalue weighted by molar-refractivity contribution is -0.0906. The van der Waals surface area contributed by atoms with Gasteiger partial charge in [-0.3, -0.25) is 4.90 Å². The second-order valence-corrected chi connectivity index (χ2v) is 17.8. The molecule has 1 amide bonds. The number of rotatable bonds is 18. The van der Waals surface area contributed by atoms with Gasteiger partial charge in [0, 0.05) is 31.6 Å². The summed E-state index contributed by atoms with van der Waals surface area (Å²) in [5.74, 6) is 0.439. The molecule has 50 heavy (non-hydrogen) atoms. The molecule has 3 N–H and O–H groups in total. The molecule has 5 atom stereocenters. The maximum atomic E-state index is 14.4. The van der Waals surface area contributed by atoms with E-state index >= 15 is 0 Å². The number of aliphatic hydroxyl groups is 1. The molecule has 278 valence electrons. The fourth-order valence-electron chi connectivity index (χ4n) is 6.81. The van der Waals surface area contributed by atoms with E-state index in [0.717, 1.165) is 16.3 Å². The minimum Gasteiger partial charge on any atom is -0.465 e. The molecule has 3 aliphatic rings.